The van der Waals surface area contributed by atoms with Crippen LogP contribution in [-0.2, 0) is 0 Å². The second kappa shape index (κ2) is 3.40. The van der Waals surface area contributed by atoms with Crippen LogP contribution in [0.3, 0.4) is 0 Å². The summed E-state index contributed by atoms with van der Waals surface area (Å²) in [4.78, 5) is 1.10. The fraction of sp³-hybridized carbons (Fsp3) is 0.111. The van der Waals surface area contributed by atoms with E-state index in [0.29, 0.717) is 0 Å². The third-order valence-electron chi connectivity index (χ3n) is 1.81. The van der Waals surface area contributed by atoms with E-state index in [1.807, 2.05) is 18.4 Å². The second-order valence-corrected chi connectivity index (χ2v) is 5.04. The highest BCUT2D eigenvalue weighted by atomic mass is 35.5. The molecule has 0 fully saturated rings. The summed E-state index contributed by atoms with van der Waals surface area (Å²) in [5.41, 5.74) is 5.70. The van der Waals surface area contributed by atoms with Crippen LogP contribution in [0.15, 0.2) is 23.1 Å². The topological polar surface area (TPSA) is 26.0 Å². The number of halogens is 1. The van der Waals surface area contributed by atoms with Crippen molar-refractivity contribution in [3.8, 4) is 0 Å². The number of anilines is 1. The van der Waals surface area contributed by atoms with Gasteiger partial charge in [-0.3, -0.25) is 0 Å². The molecule has 2 rings (SSSR count). The lowest BCUT2D eigenvalue weighted by molar-refractivity contribution is 1.53. The number of rotatable bonds is 1. The monoisotopic (exact) mass is 229 g/mol. The summed E-state index contributed by atoms with van der Waals surface area (Å²) < 4.78 is 1.15. The van der Waals surface area contributed by atoms with Crippen LogP contribution < -0.4 is 5.73 Å². The highest BCUT2D eigenvalue weighted by molar-refractivity contribution is 7.98. The van der Waals surface area contributed by atoms with Gasteiger partial charge in [0.15, 0.2) is 0 Å². The van der Waals surface area contributed by atoms with Gasteiger partial charge in [-0.1, -0.05) is 11.6 Å². The van der Waals surface area contributed by atoms with Gasteiger partial charge < -0.3 is 5.73 Å². The van der Waals surface area contributed by atoms with Crippen molar-refractivity contribution < 1.29 is 0 Å². The minimum atomic E-state index is 0.807. The van der Waals surface area contributed by atoms with Crippen LogP contribution in [0.4, 0.5) is 5.00 Å². The van der Waals surface area contributed by atoms with Crippen LogP contribution in [0, 0.1) is 0 Å². The van der Waals surface area contributed by atoms with Gasteiger partial charge in [0.05, 0.1) is 10.0 Å². The number of thiophene rings is 1. The molecule has 1 nitrogen and oxygen atoms in total. The van der Waals surface area contributed by atoms with Crippen molar-refractivity contribution >= 4 is 49.8 Å². The third-order valence-corrected chi connectivity index (χ3v) is 3.94. The van der Waals surface area contributed by atoms with Gasteiger partial charge in [-0.15, -0.1) is 23.1 Å². The van der Waals surface area contributed by atoms with Crippen LogP contribution in [0.2, 0.25) is 5.02 Å². The molecule has 13 heavy (non-hydrogen) atoms. The van der Waals surface area contributed by atoms with Crippen LogP contribution >= 0.6 is 34.7 Å². The predicted molar refractivity (Wildman–Crippen MR) is 63.0 cm³/mol. The molecule has 0 aliphatic heterocycles. The van der Waals surface area contributed by atoms with Crippen molar-refractivity contribution in [2.75, 3.05) is 12.0 Å². The number of fused-ring (bicyclic) bond motifs is 1. The number of hydrogen-bond donors (Lipinski definition) is 1. The maximum atomic E-state index is 6.06. The molecule has 0 saturated carbocycles. The highest BCUT2D eigenvalue weighted by Crippen LogP contribution is 2.35. The van der Waals surface area contributed by atoms with Crippen LogP contribution in [0.5, 0.6) is 0 Å². The van der Waals surface area contributed by atoms with Crippen molar-refractivity contribution in [1.29, 1.82) is 0 Å². The Kier molecular flexibility index (Phi) is 2.41. The number of nitrogen functional groups attached to an aromatic ring is 1. The fourth-order valence-electron chi connectivity index (χ4n) is 1.22. The SMILES string of the molecule is CSc1cc2cc(N)sc2cc1Cl. The van der Waals surface area contributed by atoms with E-state index >= 15 is 0 Å². The maximum absolute atomic E-state index is 6.06. The first-order valence-electron chi connectivity index (χ1n) is 3.73. The van der Waals surface area contributed by atoms with Gasteiger partial charge in [0, 0.05) is 9.60 Å². The first-order chi connectivity index (χ1) is 6.20. The Morgan fingerprint density at radius 3 is 2.85 bits per heavy atom. The summed E-state index contributed by atoms with van der Waals surface area (Å²) >= 11 is 9.28. The minimum Gasteiger partial charge on any atom is -0.391 e. The van der Waals surface area contributed by atoms with E-state index in [1.54, 1.807) is 23.1 Å². The van der Waals surface area contributed by atoms with Gasteiger partial charge >= 0.3 is 0 Å². The summed E-state index contributed by atoms with van der Waals surface area (Å²) in [6.07, 6.45) is 2.02. The summed E-state index contributed by atoms with van der Waals surface area (Å²) in [6, 6.07) is 6.04. The zero-order chi connectivity index (χ0) is 9.42. The molecule has 0 aliphatic carbocycles. The van der Waals surface area contributed by atoms with Crippen LogP contribution in [0.1, 0.15) is 0 Å². The molecule has 2 aromatic rings. The molecule has 0 radical (unpaired) electrons. The summed E-state index contributed by atoms with van der Waals surface area (Å²) in [5, 5.41) is 2.82. The number of thioether (sulfide) groups is 1. The van der Waals surface area contributed by atoms with Crippen molar-refractivity contribution in [2.24, 2.45) is 0 Å². The Hall–Kier alpha value is -0.380. The fourth-order valence-corrected chi connectivity index (χ4v) is 3.03. The van der Waals surface area contributed by atoms with Crippen molar-refractivity contribution in [1.82, 2.24) is 0 Å². The standard InChI is InChI=1S/C9H8ClNS2/c1-12-8-2-5-3-9(11)13-7(5)4-6(8)10/h2-4H,11H2,1H3. The zero-order valence-corrected chi connectivity index (χ0v) is 9.39. The van der Waals surface area contributed by atoms with E-state index in [2.05, 4.69) is 6.07 Å². The molecular weight excluding hydrogens is 222 g/mol. The van der Waals surface area contributed by atoms with Crippen molar-refractivity contribution in [3.05, 3.63) is 23.2 Å². The molecule has 0 aliphatic rings. The molecule has 0 atom stereocenters. The summed E-state index contributed by atoms with van der Waals surface area (Å²) in [7, 11) is 0. The highest BCUT2D eigenvalue weighted by Gasteiger charge is 2.04. The molecule has 1 aromatic heterocycles. The summed E-state index contributed by atoms with van der Waals surface area (Å²) in [5.74, 6) is 0. The molecule has 0 saturated heterocycles. The van der Waals surface area contributed by atoms with Gasteiger partial charge in [-0.25, -0.2) is 0 Å². The zero-order valence-electron chi connectivity index (χ0n) is 7.00. The van der Waals surface area contributed by atoms with Crippen molar-refractivity contribution in [3.63, 3.8) is 0 Å². The Morgan fingerprint density at radius 2 is 2.15 bits per heavy atom. The smallest absolute Gasteiger partial charge is 0.0868 e. The molecule has 0 amide bonds. The molecule has 0 bridgehead atoms. The Balaban J connectivity index is 2.72. The number of hydrogen-bond acceptors (Lipinski definition) is 3. The molecule has 1 aromatic carbocycles. The van der Waals surface area contributed by atoms with E-state index in [1.165, 1.54) is 5.39 Å². The first kappa shape index (κ1) is 9.19. The quantitative estimate of drug-likeness (QED) is 0.752. The lowest BCUT2D eigenvalue weighted by Crippen LogP contribution is -1.73. The Morgan fingerprint density at radius 1 is 1.38 bits per heavy atom. The third kappa shape index (κ3) is 1.64. The van der Waals surface area contributed by atoms with Gasteiger partial charge in [0.1, 0.15) is 0 Å². The lowest BCUT2D eigenvalue weighted by atomic mass is 10.3. The van der Waals surface area contributed by atoms with Gasteiger partial charge in [0.25, 0.3) is 0 Å². The maximum Gasteiger partial charge on any atom is 0.0868 e. The number of nitrogens with two attached hydrogens (primary N) is 1. The second-order valence-electron chi connectivity index (χ2n) is 2.67. The van der Waals surface area contributed by atoms with E-state index in [0.717, 1.165) is 19.6 Å². The first-order valence-corrected chi connectivity index (χ1v) is 6.15. The van der Waals surface area contributed by atoms with E-state index in [9.17, 15) is 0 Å². The average molecular weight is 230 g/mol. The molecule has 0 spiro atoms. The molecule has 68 valence electrons. The van der Waals surface area contributed by atoms with E-state index in [-0.39, 0.29) is 0 Å². The molecule has 1 heterocycles. The predicted octanol–water partition coefficient (Wildman–Crippen LogP) is 3.86. The Labute approximate surface area is 89.9 Å². The van der Waals surface area contributed by atoms with Crippen LogP contribution in [0.25, 0.3) is 10.1 Å². The molecular formula is C9H8ClNS2. The Bertz CT molecular complexity index is 450. The summed E-state index contributed by atoms with van der Waals surface area (Å²) in [6.45, 7) is 0. The number of benzene rings is 1. The van der Waals surface area contributed by atoms with Gasteiger partial charge in [-0.2, -0.15) is 0 Å². The van der Waals surface area contributed by atoms with Gasteiger partial charge in [-0.05, 0) is 29.8 Å². The normalized spacial score (nSPS) is 10.9. The van der Waals surface area contributed by atoms with Crippen molar-refractivity contribution in [2.45, 2.75) is 4.90 Å². The van der Waals surface area contributed by atoms with Gasteiger partial charge in [0.2, 0.25) is 0 Å². The molecule has 4 heteroatoms. The van der Waals surface area contributed by atoms with Crippen LogP contribution in [-0.4, -0.2) is 6.26 Å². The largest absolute Gasteiger partial charge is 0.391 e. The molecule has 2 N–H and O–H groups in total. The molecule has 0 unspecified atom stereocenters. The average Bonchev–Trinajstić information content (AvgIpc) is 2.42. The minimum absolute atomic E-state index is 0.807. The van der Waals surface area contributed by atoms with E-state index < -0.39 is 0 Å². The lowest BCUT2D eigenvalue weighted by Gasteiger charge is -1.99. The van der Waals surface area contributed by atoms with E-state index in [4.69, 9.17) is 17.3 Å².